The number of amides is 1. The second-order valence-electron chi connectivity index (χ2n) is 5.69. The Morgan fingerprint density at radius 2 is 2.12 bits per heavy atom. The van der Waals surface area contributed by atoms with Crippen LogP contribution in [-0.4, -0.2) is 30.2 Å². The average Bonchev–Trinajstić information content (AvgIpc) is 2.16. The van der Waals surface area contributed by atoms with Crippen molar-refractivity contribution in [1.29, 1.82) is 0 Å². The first-order valence-corrected chi connectivity index (χ1v) is 5.91. The van der Waals surface area contributed by atoms with Crippen molar-refractivity contribution >= 4 is 5.91 Å². The molecule has 2 unspecified atom stereocenters. The summed E-state index contributed by atoms with van der Waals surface area (Å²) in [6.45, 7) is 10.7. The third kappa shape index (κ3) is 2.38. The number of nitrogens with one attached hydrogen (secondary N) is 1. The molecule has 0 aromatic rings. The fraction of sp³-hybridized carbons (Fsp3) is 0.917. The van der Waals surface area contributed by atoms with Crippen LogP contribution in [0.1, 0.15) is 41.0 Å². The highest BCUT2D eigenvalue weighted by atomic mass is 16.5. The van der Waals surface area contributed by atoms with Crippen LogP contribution in [0.3, 0.4) is 0 Å². The minimum absolute atomic E-state index is 0.0583. The summed E-state index contributed by atoms with van der Waals surface area (Å²) >= 11 is 0. The lowest BCUT2D eigenvalue weighted by Crippen LogP contribution is -2.67. The summed E-state index contributed by atoms with van der Waals surface area (Å²) in [6.07, 6.45) is 1.22. The van der Waals surface area contributed by atoms with Gasteiger partial charge in [-0.25, -0.2) is 0 Å². The summed E-state index contributed by atoms with van der Waals surface area (Å²) in [7, 11) is 0. The van der Waals surface area contributed by atoms with Gasteiger partial charge in [-0.05, 0) is 27.2 Å². The predicted octanol–water partition coefficient (Wildman–Crippen LogP) is 1.04. The highest BCUT2D eigenvalue weighted by Gasteiger charge is 2.50. The van der Waals surface area contributed by atoms with Crippen LogP contribution in [0.2, 0.25) is 0 Å². The summed E-state index contributed by atoms with van der Waals surface area (Å²) in [5.74, 6) is -0.317. The van der Waals surface area contributed by atoms with Gasteiger partial charge in [0.05, 0.1) is 11.6 Å². The molecule has 0 aromatic heterocycles. The zero-order chi connectivity index (χ0) is 12.6. The van der Waals surface area contributed by atoms with Gasteiger partial charge in [0.25, 0.3) is 0 Å². The first-order chi connectivity index (χ1) is 7.21. The molecule has 0 aromatic carbocycles. The maximum atomic E-state index is 11.2. The van der Waals surface area contributed by atoms with Gasteiger partial charge in [-0.1, -0.05) is 13.8 Å². The lowest BCUT2D eigenvalue weighted by atomic mass is 9.64. The zero-order valence-corrected chi connectivity index (χ0v) is 11.0. The number of carbonyl (C=O) groups excluding carboxylic acids is 1. The van der Waals surface area contributed by atoms with E-state index in [4.69, 9.17) is 10.5 Å². The van der Waals surface area contributed by atoms with E-state index in [1.165, 1.54) is 0 Å². The van der Waals surface area contributed by atoms with Crippen molar-refractivity contribution in [2.45, 2.75) is 58.7 Å². The van der Waals surface area contributed by atoms with Gasteiger partial charge >= 0.3 is 0 Å². The fourth-order valence-electron chi connectivity index (χ4n) is 2.12. The van der Waals surface area contributed by atoms with Crippen LogP contribution in [0.4, 0.5) is 0 Å². The van der Waals surface area contributed by atoms with Crippen molar-refractivity contribution in [3.8, 4) is 0 Å². The van der Waals surface area contributed by atoms with Crippen molar-refractivity contribution in [3.63, 3.8) is 0 Å². The molecule has 94 valence electrons. The molecule has 3 N–H and O–H groups in total. The Morgan fingerprint density at radius 3 is 2.50 bits per heavy atom. The van der Waals surface area contributed by atoms with Crippen LogP contribution < -0.4 is 11.1 Å². The molecule has 0 bridgehead atoms. The maximum absolute atomic E-state index is 11.2. The van der Waals surface area contributed by atoms with Crippen molar-refractivity contribution in [2.75, 3.05) is 6.61 Å². The topological polar surface area (TPSA) is 64.3 Å². The number of hydrogen-bond donors (Lipinski definition) is 2. The molecule has 1 rings (SSSR count). The van der Waals surface area contributed by atoms with Crippen molar-refractivity contribution in [3.05, 3.63) is 0 Å². The van der Waals surface area contributed by atoms with Crippen LogP contribution in [0, 0.1) is 5.41 Å². The highest BCUT2D eigenvalue weighted by Crippen LogP contribution is 2.43. The van der Waals surface area contributed by atoms with E-state index < -0.39 is 5.54 Å². The third-order valence-corrected chi connectivity index (χ3v) is 3.70. The minimum atomic E-state index is -0.654. The van der Waals surface area contributed by atoms with E-state index in [9.17, 15) is 4.79 Å². The first-order valence-electron chi connectivity index (χ1n) is 5.91. The van der Waals surface area contributed by atoms with Gasteiger partial charge in [0, 0.05) is 18.1 Å². The molecule has 1 aliphatic rings. The molecule has 0 heterocycles. The number of rotatable bonds is 5. The number of carbonyl (C=O) groups is 1. The van der Waals surface area contributed by atoms with Crippen LogP contribution in [0.15, 0.2) is 0 Å². The van der Waals surface area contributed by atoms with E-state index in [0.717, 1.165) is 13.0 Å². The summed E-state index contributed by atoms with van der Waals surface area (Å²) < 4.78 is 5.64. The van der Waals surface area contributed by atoms with Gasteiger partial charge in [0.1, 0.15) is 0 Å². The van der Waals surface area contributed by atoms with E-state index in [1.807, 2.05) is 20.8 Å². The minimum Gasteiger partial charge on any atom is -0.378 e. The first kappa shape index (κ1) is 13.5. The molecule has 0 radical (unpaired) electrons. The molecular formula is C12H24N2O2. The van der Waals surface area contributed by atoms with Gasteiger partial charge in [0.15, 0.2) is 0 Å². The molecule has 1 amide bonds. The van der Waals surface area contributed by atoms with Gasteiger partial charge < -0.3 is 15.8 Å². The van der Waals surface area contributed by atoms with Crippen LogP contribution in [0.5, 0.6) is 0 Å². The van der Waals surface area contributed by atoms with Gasteiger partial charge in [0.2, 0.25) is 5.91 Å². The SMILES string of the molecule is CCOC1CC(NC(C)(C)C(N)=O)C1(C)C. The number of ether oxygens (including phenoxy) is 1. The van der Waals surface area contributed by atoms with E-state index in [2.05, 4.69) is 19.2 Å². The summed E-state index contributed by atoms with van der Waals surface area (Å²) in [4.78, 5) is 11.2. The Bertz CT molecular complexity index is 274. The lowest BCUT2D eigenvalue weighted by Gasteiger charge is -2.53. The van der Waals surface area contributed by atoms with Crippen LogP contribution in [0.25, 0.3) is 0 Å². The third-order valence-electron chi connectivity index (χ3n) is 3.70. The Labute approximate surface area is 97.9 Å². The molecule has 2 atom stereocenters. The smallest absolute Gasteiger partial charge is 0.237 e. The number of primary amides is 1. The highest BCUT2D eigenvalue weighted by molar-refractivity contribution is 5.83. The number of hydrogen-bond acceptors (Lipinski definition) is 3. The van der Waals surface area contributed by atoms with Crippen molar-refractivity contribution < 1.29 is 9.53 Å². The average molecular weight is 228 g/mol. The van der Waals surface area contributed by atoms with Crippen molar-refractivity contribution in [1.82, 2.24) is 5.32 Å². The Kier molecular flexibility index (Phi) is 3.65. The summed E-state index contributed by atoms with van der Waals surface area (Å²) in [5, 5.41) is 3.32. The van der Waals surface area contributed by atoms with Gasteiger partial charge in [-0.15, -0.1) is 0 Å². The Balaban J connectivity index is 2.57. The van der Waals surface area contributed by atoms with E-state index in [-0.39, 0.29) is 23.5 Å². The van der Waals surface area contributed by atoms with E-state index in [0.29, 0.717) is 0 Å². The molecule has 1 fully saturated rings. The predicted molar refractivity (Wildman–Crippen MR) is 64.0 cm³/mol. The Morgan fingerprint density at radius 1 is 1.56 bits per heavy atom. The monoisotopic (exact) mass is 228 g/mol. The standard InChI is InChI=1S/C12H24N2O2/c1-6-16-9-7-8(11(9,2)3)14-12(4,5)10(13)15/h8-9,14H,6-7H2,1-5H3,(H2,13,15). The second-order valence-corrected chi connectivity index (χ2v) is 5.69. The lowest BCUT2D eigenvalue weighted by molar-refractivity contribution is -0.134. The van der Waals surface area contributed by atoms with E-state index >= 15 is 0 Å². The number of nitrogens with two attached hydrogens (primary N) is 1. The molecule has 0 spiro atoms. The quantitative estimate of drug-likeness (QED) is 0.739. The molecule has 0 aliphatic heterocycles. The molecule has 1 saturated carbocycles. The zero-order valence-electron chi connectivity index (χ0n) is 11.0. The second kappa shape index (κ2) is 4.34. The van der Waals surface area contributed by atoms with E-state index in [1.54, 1.807) is 0 Å². The molecule has 0 saturated heterocycles. The molecule has 4 heteroatoms. The van der Waals surface area contributed by atoms with Crippen LogP contribution >= 0.6 is 0 Å². The summed E-state index contributed by atoms with van der Waals surface area (Å²) in [6, 6.07) is 0.284. The Hall–Kier alpha value is -0.610. The van der Waals surface area contributed by atoms with Crippen molar-refractivity contribution in [2.24, 2.45) is 11.1 Å². The molecule has 4 nitrogen and oxygen atoms in total. The fourth-order valence-corrected chi connectivity index (χ4v) is 2.12. The van der Waals surface area contributed by atoms with Gasteiger partial charge in [-0.3, -0.25) is 4.79 Å². The molecular weight excluding hydrogens is 204 g/mol. The largest absolute Gasteiger partial charge is 0.378 e. The van der Waals surface area contributed by atoms with Gasteiger partial charge in [-0.2, -0.15) is 0 Å². The normalized spacial score (nSPS) is 28.6. The maximum Gasteiger partial charge on any atom is 0.237 e. The summed E-state index contributed by atoms with van der Waals surface area (Å²) in [5.41, 5.74) is 4.75. The molecule has 1 aliphatic carbocycles. The van der Waals surface area contributed by atoms with Crippen LogP contribution in [-0.2, 0) is 9.53 Å². The molecule has 16 heavy (non-hydrogen) atoms.